The molecule has 0 saturated carbocycles. The summed E-state index contributed by atoms with van der Waals surface area (Å²) in [6.45, 7) is 1.55. The molecule has 0 aliphatic carbocycles. The molecule has 1 heterocycles. The Morgan fingerprint density at radius 2 is 2.28 bits per heavy atom. The Kier molecular flexibility index (Phi) is 4.04. The predicted molar refractivity (Wildman–Crippen MR) is 72.8 cm³/mol. The smallest absolute Gasteiger partial charge is 0.224 e. The van der Waals surface area contributed by atoms with Crippen LogP contribution in [0.15, 0.2) is 12.1 Å². The monoisotopic (exact) mass is 249 g/mol. The van der Waals surface area contributed by atoms with Crippen LogP contribution in [-0.4, -0.2) is 26.2 Å². The average Bonchev–Trinajstić information content (AvgIpc) is 2.35. The van der Waals surface area contributed by atoms with Crippen molar-refractivity contribution < 1.29 is 9.53 Å². The number of hydrogen-bond acceptors (Lipinski definition) is 4. The second-order valence-corrected chi connectivity index (χ2v) is 4.42. The van der Waals surface area contributed by atoms with Gasteiger partial charge in [0.2, 0.25) is 5.91 Å². The maximum atomic E-state index is 11.3. The van der Waals surface area contributed by atoms with Crippen LogP contribution < -0.4 is 16.4 Å². The summed E-state index contributed by atoms with van der Waals surface area (Å²) >= 11 is 0. The largest absolute Gasteiger partial charge is 0.397 e. The highest BCUT2D eigenvalue weighted by Gasteiger charge is 2.16. The minimum atomic E-state index is 0.0581. The first-order valence-electron chi connectivity index (χ1n) is 6.16. The molecule has 0 spiro atoms. The Bertz CT molecular complexity index is 446. The highest BCUT2D eigenvalue weighted by atomic mass is 16.5. The fraction of sp³-hybridized carbons (Fsp3) is 0.462. The molecule has 0 unspecified atom stereocenters. The summed E-state index contributed by atoms with van der Waals surface area (Å²) < 4.78 is 4.99. The van der Waals surface area contributed by atoms with Crippen LogP contribution >= 0.6 is 0 Å². The molecule has 1 aromatic carbocycles. The molecular weight excluding hydrogens is 230 g/mol. The number of benzene rings is 1. The number of amides is 1. The van der Waals surface area contributed by atoms with E-state index in [1.54, 1.807) is 7.11 Å². The minimum absolute atomic E-state index is 0.0581. The van der Waals surface area contributed by atoms with Crippen molar-refractivity contribution >= 4 is 23.0 Å². The van der Waals surface area contributed by atoms with Crippen molar-refractivity contribution in [3.63, 3.8) is 0 Å². The molecule has 5 nitrogen and oxygen atoms in total. The summed E-state index contributed by atoms with van der Waals surface area (Å²) in [5, 5.41) is 6.13. The number of carbonyl (C=O) groups is 1. The van der Waals surface area contributed by atoms with Gasteiger partial charge >= 0.3 is 0 Å². The lowest BCUT2D eigenvalue weighted by Crippen LogP contribution is -2.19. The van der Waals surface area contributed by atoms with Crippen molar-refractivity contribution in [1.29, 1.82) is 0 Å². The fourth-order valence-corrected chi connectivity index (χ4v) is 2.04. The van der Waals surface area contributed by atoms with Gasteiger partial charge in [-0.3, -0.25) is 4.79 Å². The summed E-state index contributed by atoms with van der Waals surface area (Å²) in [7, 11) is 1.69. The Morgan fingerprint density at radius 1 is 1.44 bits per heavy atom. The molecule has 0 atom stereocenters. The number of nitrogens with one attached hydrogen (secondary N) is 2. The molecule has 1 amide bonds. The third-order valence-corrected chi connectivity index (χ3v) is 3.01. The van der Waals surface area contributed by atoms with E-state index in [4.69, 9.17) is 10.5 Å². The Balaban J connectivity index is 2.05. The average molecular weight is 249 g/mol. The molecule has 1 aliphatic rings. The lowest BCUT2D eigenvalue weighted by molar-refractivity contribution is -0.116. The van der Waals surface area contributed by atoms with E-state index in [2.05, 4.69) is 10.6 Å². The van der Waals surface area contributed by atoms with Gasteiger partial charge in [-0.25, -0.2) is 0 Å². The van der Waals surface area contributed by atoms with Crippen molar-refractivity contribution in [2.75, 3.05) is 36.6 Å². The summed E-state index contributed by atoms with van der Waals surface area (Å²) in [6, 6.07) is 3.85. The first-order chi connectivity index (χ1) is 8.70. The van der Waals surface area contributed by atoms with Gasteiger partial charge in [-0.15, -0.1) is 0 Å². The third kappa shape index (κ3) is 2.92. The Hall–Kier alpha value is -1.75. The van der Waals surface area contributed by atoms with E-state index in [1.807, 2.05) is 12.1 Å². The maximum absolute atomic E-state index is 11.3. The molecule has 2 rings (SSSR count). The summed E-state index contributed by atoms with van der Waals surface area (Å²) in [4.78, 5) is 11.3. The molecule has 0 fully saturated rings. The number of methoxy groups -OCH3 is 1. The zero-order valence-corrected chi connectivity index (χ0v) is 10.6. The lowest BCUT2D eigenvalue weighted by Gasteiger charge is -2.19. The molecule has 1 aliphatic heterocycles. The van der Waals surface area contributed by atoms with Crippen LogP contribution in [0.25, 0.3) is 0 Å². The van der Waals surface area contributed by atoms with Gasteiger partial charge in [-0.2, -0.15) is 0 Å². The second-order valence-electron chi connectivity index (χ2n) is 4.42. The number of aryl methyl sites for hydroxylation is 1. The molecule has 0 saturated heterocycles. The number of fused-ring (bicyclic) bond motifs is 1. The first-order valence-corrected chi connectivity index (χ1v) is 6.16. The lowest BCUT2D eigenvalue weighted by atomic mass is 10.0. The number of anilines is 3. The van der Waals surface area contributed by atoms with Gasteiger partial charge in [0.05, 0.1) is 11.4 Å². The van der Waals surface area contributed by atoms with Crippen molar-refractivity contribution in [2.24, 2.45) is 0 Å². The van der Waals surface area contributed by atoms with Crippen molar-refractivity contribution in [1.82, 2.24) is 0 Å². The van der Waals surface area contributed by atoms with Gasteiger partial charge in [0.15, 0.2) is 0 Å². The van der Waals surface area contributed by atoms with Crippen LogP contribution in [0.3, 0.4) is 0 Å². The van der Waals surface area contributed by atoms with Crippen molar-refractivity contribution in [3.05, 3.63) is 17.7 Å². The molecule has 4 N–H and O–H groups in total. The summed E-state index contributed by atoms with van der Waals surface area (Å²) in [5.74, 6) is 0.0581. The zero-order valence-electron chi connectivity index (χ0n) is 10.6. The van der Waals surface area contributed by atoms with Crippen LogP contribution in [0, 0.1) is 0 Å². The second kappa shape index (κ2) is 5.73. The van der Waals surface area contributed by atoms with Gasteiger partial charge in [-0.1, -0.05) is 0 Å². The van der Waals surface area contributed by atoms with Crippen molar-refractivity contribution in [3.8, 4) is 0 Å². The van der Waals surface area contributed by atoms with E-state index in [9.17, 15) is 4.79 Å². The van der Waals surface area contributed by atoms with Crippen molar-refractivity contribution in [2.45, 2.75) is 19.3 Å². The van der Waals surface area contributed by atoms with Crippen LogP contribution in [0.5, 0.6) is 0 Å². The first kappa shape index (κ1) is 12.7. The summed E-state index contributed by atoms with van der Waals surface area (Å²) in [5.41, 5.74) is 9.53. The minimum Gasteiger partial charge on any atom is -0.397 e. The zero-order chi connectivity index (χ0) is 13.0. The van der Waals surface area contributed by atoms with E-state index < -0.39 is 0 Å². The molecular formula is C13H19N3O2. The third-order valence-electron chi connectivity index (χ3n) is 3.01. The van der Waals surface area contributed by atoms with E-state index in [0.29, 0.717) is 12.1 Å². The molecule has 0 radical (unpaired) electrons. The van der Waals surface area contributed by atoms with Crippen LogP contribution in [-0.2, 0) is 16.0 Å². The summed E-state index contributed by atoms with van der Waals surface area (Å²) in [6.07, 6.45) is 2.25. The van der Waals surface area contributed by atoms with Gasteiger partial charge in [0.1, 0.15) is 0 Å². The van der Waals surface area contributed by atoms with E-state index in [0.717, 1.165) is 42.9 Å². The molecule has 0 bridgehead atoms. The molecule has 98 valence electrons. The quantitative estimate of drug-likeness (QED) is 0.547. The number of nitrogens with two attached hydrogens (primary N) is 1. The number of hydrogen-bond donors (Lipinski definition) is 3. The number of ether oxygens (including phenoxy) is 1. The maximum Gasteiger partial charge on any atom is 0.224 e. The van der Waals surface area contributed by atoms with Crippen LogP contribution in [0.4, 0.5) is 17.1 Å². The Labute approximate surface area is 107 Å². The number of rotatable bonds is 5. The molecule has 18 heavy (non-hydrogen) atoms. The fourth-order valence-electron chi connectivity index (χ4n) is 2.04. The SMILES string of the molecule is COCCCNc1cc2c(cc1N)NC(=O)CC2. The number of carbonyl (C=O) groups excluding carboxylic acids is 1. The van der Waals surface area contributed by atoms with E-state index in [1.165, 1.54) is 0 Å². The van der Waals surface area contributed by atoms with E-state index >= 15 is 0 Å². The Morgan fingerprint density at radius 3 is 3.06 bits per heavy atom. The highest BCUT2D eigenvalue weighted by molar-refractivity contribution is 5.95. The predicted octanol–water partition coefficient (Wildman–Crippen LogP) is 1.60. The number of nitrogen functional groups attached to an aromatic ring is 1. The van der Waals surface area contributed by atoms with E-state index in [-0.39, 0.29) is 5.91 Å². The van der Waals surface area contributed by atoms with Gasteiger partial charge < -0.3 is 21.1 Å². The van der Waals surface area contributed by atoms with Gasteiger partial charge in [0, 0.05) is 32.4 Å². The van der Waals surface area contributed by atoms with Gasteiger partial charge in [0.25, 0.3) is 0 Å². The molecule has 0 aromatic heterocycles. The van der Waals surface area contributed by atoms with Crippen LogP contribution in [0.2, 0.25) is 0 Å². The topological polar surface area (TPSA) is 76.4 Å². The highest BCUT2D eigenvalue weighted by Crippen LogP contribution is 2.30. The molecule has 1 aromatic rings. The standard InChI is InChI=1S/C13H19N3O2/c1-18-6-2-5-15-12-7-9-3-4-13(17)16-11(9)8-10(12)14/h7-8,15H,2-6,14H2,1H3,(H,16,17). The van der Waals surface area contributed by atoms with Crippen LogP contribution in [0.1, 0.15) is 18.4 Å². The normalized spacial score (nSPS) is 13.9. The molecule has 5 heteroatoms. The van der Waals surface area contributed by atoms with Gasteiger partial charge in [-0.05, 0) is 30.5 Å².